The van der Waals surface area contributed by atoms with E-state index in [1.54, 1.807) is 0 Å². The van der Waals surface area contributed by atoms with Crippen molar-refractivity contribution < 1.29 is 4.74 Å². The van der Waals surface area contributed by atoms with Crippen LogP contribution in [0.5, 0.6) is 0 Å². The van der Waals surface area contributed by atoms with Gasteiger partial charge in [0.1, 0.15) is 0 Å². The lowest BCUT2D eigenvalue weighted by Crippen LogP contribution is -2.43. The van der Waals surface area contributed by atoms with Crippen molar-refractivity contribution in [3.63, 3.8) is 0 Å². The second-order valence-corrected chi connectivity index (χ2v) is 5.60. The molecule has 1 saturated heterocycles. The minimum atomic E-state index is 0. The summed E-state index contributed by atoms with van der Waals surface area (Å²) in [6.07, 6.45) is 5.42. The van der Waals surface area contributed by atoms with Crippen molar-refractivity contribution in [1.82, 2.24) is 15.5 Å². The van der Waals surface area contributed by atoms with Crippen LogP contribution in [-0.2, 0) is 4.74 Å². The van der Waals surface area contributed by atoms with Gasteiger partial charge in [0.25, 0.3) is 0 Å². The Morgan fingerprint density at radius 3 is 2.43 bits per heavy atom. The molecule has 0 bridgehead atoms. The molecule has 2 N–H and O–H groups in total. The fourth-order valence-electron chi connectivity index (χ4n) is 2.33. The number of piperidine rings is 1. The number of nitrogens with zero attached hydrogens (tertiary/aromatic N) is 2. The van der Waals surface area contributed by atoms with E-state index in [0.717, 1.165) is 38.6 Å². The summed E-state index contributed by atoms with van der Waals surface area (Å²) in [7, 11) is 1.82. The smallest absolute Gasteiger partial charge is 0.191 e. The predicted octanol–water partition coefficient (Wildman–Crippen LogP) is 2.07. The number of hydrogen-bond acceptors (Lipinski definition) is 3. The molecule has 1 heterocycles. The minimum Gasteiger partial charge on any atom is -0.379 e. The first kappa shape index (κ1) is 20.9. The molecule has 1 fully saturated rings. The molecule has 1 aliphatic heterocycles. The summed E-state index contributed by atoms with van der Waals surface area (Å²) in [6.45, 7) is 10.4. The molecule has 0 atom stereocenters. The zero-order valence-corrected chi connectivity index (χ0v) is 16.2. The van der Waals surface area contributed by atoms with E-state index in [1.807, 2.05) is 7.05 Å². The number of ether oxygens (including phenoxy) is 1. The van der Waals surface area contributed by atoms with Gasteiger partial charge in [-0.25, -0.2) is 0 Å². The van der Waals surface area contributed by atoms with Gasteiger partial charge in [-0.3, -0.25) is 4.99 Å². The number of guanidine groups is 1. The predicted molar refractivity (Wildman–Crippen MR) is 101 cm³/mol. The topological polar surface area (TPSA) is 48.9 Å². The van der Waals surface area contributed by atoms with Gasteiger partial charge in [-0.15, -0.1) is 24.0 Å². The number of halogens is 1. The van der Waals surface area contributed by atoms with Crippen LogP contribution < -0.4 is 10.6 Å². The minimum absolute atomic E-state index is 0. The van der Waals surface area contributed by atoms with Crippen LogP contribution in [0, 0.1) is 0 Å². The Morgan fingerprint density at radius 1 is 1.14 bits per heavy atom. The third-order valence-electron chi connectivity index (χ3n) is 3.46. The molecule has 21 heavy (non-hydrogen) atoms. The van der Waals surface area contributed by atoms with Crippen LogP contribution in [0.1, 0.15) is 39.5 Å². The standard InChI is InChI=1S/C15H32N4O.HI/c1-14(2)20-13-7-8-17-15(16-3)18-9-12-19-10-5-4-6-11-19;/h14H,4-13H2,1-3H3,(H2,16,17,18);1H. The quantitative estimate of drug-likeness (QED) is 0.277. The van der Waals surface area contributed by atoms with Crippen molar-refractivity contribution in [1.29, 1.82) is 0 Å². The highest BCUT2D eigenvalue weighted by Crippen LogP contribution is 2.07. The normalized spacial score (nSPS) is 16.7. The Balaban J connectivity index is 0.00000400. The third kappa shape index (κ3) is 11.2. The number of rotatable bonds is 8. The van der Waals surface area contributed by atoms with Crippen molar-refractivity contribution in [2.24, 2.45) is 4.99 Å². The van der Waals surface area contributed by atoms with E-state index >= 15 is 0 Å². The SMILES string of the molecule is CN=C(NCCCOC(C)C)NCCN1CCCCC1.I. The van der Waals surface area contributed by atoms with E-state index in [9.17, 15) is 0 Å². The molecule has 0 unspecified atom stereocenters. The van der Waals surface area contributed by atoms with Crippen LogP contribution >= 0.6 is 24.0 Å². The van der Waals surface area contributed by atoms with E-state index in [0.29, 0.717) is 6.10 Å². The van der Waals surface area contributed by atoms with Gasteiger partial charge in [-0.1, -0.05) is 6.42 Å². The molecule has 0 aliphatic carbocycles. The van der Waals surface area contributed by atoms with Crippen molar-refractivity contribution >= 4 is 29.9 Å². The molecule has 5 nitrogen and oxygen atoms in total. The Kier molecular flexibility index (Phi) is 13.5. The average molecular weight is 412 g/mol. The van der Waals surface area contributed by atoms with Crippen molar-refractivity contribution in [2.75, 3.05) is 46.4 Å². The lowest BCUT2D eigenvalue weighted by atomic mass is 10.1. The maximum absolute atomic E-state index is 5.51. The van der Waals surface area contributed by atoms with Crippen LogP contribution in [0.4, 0.5) is 0 Å². The second kappa shape index (κ2) is 13.6. The lowest BCUT2D eigenvalue weighted by Gasteiger charge is -2.26. The van der Waals surface area contributed by atoms with Crippen LogP contribution in [0.3, 0.4) is 0 Å². The highest BCUT2D eigenvalue weighted by Gasteiger charge is 2.09. The zero-order valence-electron chi connectivity index (χ0n) is 13.9. The number of nitrogens with one attached hydrogen (secondary N) is 2. The fraction of sp³-hybridized carbons (Fsp3) is 0.933. The molecule has 0 saturated carbocycles. The molecule has 0 radical (unpaired) electrons. The summed E-state index contributed by atoms with van der Waals surface area (Å²) in [5.41, 5.74) is 0. The summed E-state index contributed by atoms with van der Waals surface area (Å²) >= 11 is 0. The maximum atomic E-state index is 5.51. The Bertz CT molecular complexity index is 268. The summed E-state index contributed by atoms with van der Waals surface area (Å²) in [5, 5.41) is 6.69. The Hall–Kier alpha value is -0.0800. The van der Waals surface area contributed by atoms with Gasteiger partial charge in [0.15, 0.2) is 5.96 Å². The molecule has 126 valence electrons. The number of hydrogen-bond donors (Lipinski definition) is 2. The van der Waals surface area contributed by atoms with E-state index in [2.05, 4.69) is 34.4 Å². The first-order valence-electron chi connectivity index (χ1n) is 8.01. The van der Waals surface area contributed by atoms with Crippen molar-refractivity contribution in [2.45, 2.75) is 45.6 Å². The first-order valence-corrected chi connectivity index (χ1v) is 8.01. The monoisotopic (exact) mass is 412 g/mol. The van der Waals surface area contributed by atoms with Crippen LogP contribution in [0.15, 0.2) is 4.99 Å². The molecule has 6 heteroatoms. The molecule has 0 spiro atoms. The highest BCUT2D eigenvalue weighted by molar-refractivity contribution is 14.0. The zero-order chi connectivity index (χ0) is 14.6. The second-order valence-electron chi connectivity index (χ2n) is 5.60. The first-order chi connectivity index (χ1) is 9.72. The molecule has 0 aromatic carbocycles. The largest absolute Gasteiger partial charge is 0.379 e. The van der Waals surface area contributed by atoms with Crippen molar-refractivity contribution in [3.8, 4) is 0 Å². The van der Waals surface area contributed by atoms with Gasteiger partial charge in [-0.05, 0) is 46.2 Å². The van der Waals surface area contributed by atoms with Crippen LogP contribution in [-0.4, -0.2) is 63.3 Å². The van der Waals surface area contributed by atoms with Crippen LogP contribution in [0.2, 0.25) is 0 Å². The molecular weight excluding hydrogens is 379 g/mol. The summed E-state index contributed by atoms with van der Waals surface area (Å²) in [4.78, 5) is 6.77. The molecule has 0 aromatic heterocycles. The fourth-order valence-corrected chi connectivity index (χ4v) is 2.33. The Morgan fingerprint density at radius 2 is 1.81 bits per heavy atom. The lowest BCUT2D eigenvalue weighted by molar-refractivity contribution is 0.0776. The average Bonchev–Trinajstić information content (AvgIpc) is 2.46. The van der Waals surface area contributed by atoms with E-state index in [4.69, 9.17) is 4.74 Å². The molecule has 0 aromatic rings. The van der Waals surface area contributed by atoms with Gasteiger partial charge in [0, 0.05) is 33.3 Å². The van der Waals surface area contributed by atoms with Gasteiger partial charge in [0.2, 0.25) is 0 Å². The molecular formula is C15H33IN4O. The van der Waals surface area contributed by atoms with Gasteiger partial charge < -0.3 is 20.3 Å². The molecule has 1 aliphatic rings. The van der Waals surface area contributed by atoms with Crippen molar-refractivity contribution in [3.05, 3.63) is 0 Å². The summed E-state index contributed by atoms with van der Waals surface area (Å²) in [6, 6.07) is 0. The third-order valence-corrected chi connectivity index (χ3v) is 3.46. The van der Waals surface area contributed by atoms with Gasteiger partial charge in [-0.2, -0.15) is 0 Å². The maximum Gasteiger partial charge on any atom is 0.191 e. The summed E-state index contributed by atoms with van der Waals surface area (Å²) < 4.78 is 5.51. The number of likely N-dealkylation sites (tertiary alicyclic amines) is 1. The number of aliphatic imine (C=N–C) groups is 1. The van der Waals surface area contributed by atoms with Crippen LogP contribution in [0.25, 0.3) is 0 Å². The van der Waals surface area contributed by atoms with E-state index < -0.39 is 0 Å². The van der Waals surface area contributed by atoms with E-state index in [1.165, 1.54) is 32.4 Å². The Labute approximate surface area is 147 Å². The highest BCUT2D eigenvalue weighted by atomic mass is 127. The summed E-state index contributed by atoms with van der Waals surface area (Å²) in [5.74, 6) is 0.895. The molecule has 1 rings (SSSR count). The van der Waals surface area contributed by atoms with Gasteiger partial charge >= 0.3 is 0 Å². The molecule has 0 amide bonds. The van der Waals surface area contributed by atoms with E-state index in [-0.39, 0.29) is 24.0 Å². The van der Waals surface area contributed by atoms with Gasteiger partial charge in [0.05, 0.1) is 6.10 Å².